The van der Waals surface area contributed by atoms with Crippen molar-refractivity contribution in [2.24, 2.45) is 0 Å². The van der Waals surface area contributed by atoms with E-state index in [0.717, 1.165) is 46.0 Å². The monoisotopic (exact) mass is 673 g/mol. The molecule has 48 heavy (non-hydrogen) atoms. The Morgan fingerprint density at radius 3 is 1.88 bits per heavy atom. The summed E-state index contributed by atoms with van der Waals surface area (Å²) in [5.41, 5.74) is 3.77. The van der Waals surface area contributed by atoms with Crippen LogP contribution >= 0.6 is 11.6 Å². The molecule has 0 spiro atoms. The highest BCUT2D eigenvalue weighted by Gasteiger charge is 2.39. The molecule has 1 aliphatic heterocycles. The SMILES string of the molecule is O=C(CCS(=O)(=O)c1ccc2cc(Cl)ccc2c1)N1CCC(c2cn(C(c3ccccc3)(c3ccccc3)c3ccccc3)cn2)CC1. The number of halogens is 1. The van der Waals surface area contributed by atoms with E-state index in [1.165, 1.54) is 0 Å². The van der Waals surface area contributed by atoms with Gasteiger partial charge in [-0.25, -0.2) is 13.4 Å². The molecule has 6 aromatic rings. The number of carbonyl (C=O) groups excluding carboxylic acids is 1. The van der Waals surface area contributed by atoms with E-state index < -0.39 is 15.4 Å². The van der Waals surface area contributed by atoms with Gasteiger partial charge in [0.05, 0.1) is 22.7 Å². The number of amides is 1. The van der Waals surface area contributed by atoms with Crippen molar-refractivity contribution < 1.29 is 13.2 Å². The first-order valence-corrected chi connectivity index (χ1v) is 18.3. The van der Waals surface area contributed by atoms with Crippen LogP contribution in [0.1, 0.15) is 47.6 Å². The molecule has 1 fully saturated rings. The normalized spacial score (nSPS) is 14.3. The van der Waals surface area contributed by atoms with Crippen LogP contribution < -0.4 is 0 Å². The molecule has 0 radical (unpaired) electrons. The maximum atomic E-state index is 13.2. The van der Waals surface area contributed by atoms with Crippen molar-refractivity contribution in [3.05, 3.63) is 167 Å². The van der Waals surface area contributed by atoms with Crippen LogP contribution in [0.25, 0.3) is 10.8 Å². The van der Waals surface area contributed by atoms with E-state index in [1.54, 1.807) is 41.3 Å². The predicted molar refractivity (Wildman–Crippen MR) is 191 cm³/mol. The highest BCUT2D eigenvalue weighted by atomic mass is 35.5. The number of sulfone groups is 1. The average Bonchev–Trinajstić information content (AvgIpc) is 3.63. The molecule has 0 bridgehead atoms. The van der Waals surface area contributed by atoms with Crippen LogP contribution in [0.5, 0.6) is 0 Å². The number of fused-ring (bicyclic) bond motifs is 1. The van der Waals surface area contributed by atoms with Gasteiger partial charge in [-0.15, -0.1) is 0 Å². The quantitative estimate of drug-likeness (QED) is 0.145. The number of imidazole rings is 1. The largest absolute Gasteiger partial charge is 0.343 e. The molecule has 0 aliphatic carbocycles. The topological polar surface area (TPSA) is 72.3 Å². The number of hydrogen-bond acceptors (Lipinski definition) is 4. The Balaban J connectivity index is 1.07. The van der Waals surface area contributed by atoms with Gasteiger partial charge in [-0.2, -0.15) is 0 Å². The molecule has 8 heteroatoms. The molecular formula is C40H36ClN3O3S. The number of benzene rings is 5. The van der Waals surface area contributed by atoms with Gasteiger partial charge in [0.25, 0.3) is 0 Å². The number of carbonyl (C=O) groups is 1. The summed E-state index contributed by atoms with van der Waals surface area (Å²) in [5, 5.41) is 2.27. The third kappa shape index (κ3) is 6.16. The molecular weight excluding hydrogens is 638 g/mol. The van der Waals surface area contributed by atoms with E-state index in [0.29, 0.717) is 18.1 Å². The van der Waals surface area contributed by atoms with Crippen LogP contribution in [-0.4, -0.2) is 47.6 Å². The maximum absolute atomic E-state index is 13.2. The second kappa shape index (κ2) is 13.4. The van der Waals surface area contributed by atoms with Crippen LogP contribution in [0.3, 0.4) is 0 Å². The minimum atomic E-state index is -3.62. The number of likely N-dealkylation sites (tertiary alicyclic amines) is 1. The highest BCUT2D eigenvalue weighted by molar-refractivity contribution is 7.91. The third-order valence-corrected chi connectivity index (χ3v) is 11.5. The van der Waals surface area contributed by atoms with Crippen molar-refractivity contribution in [2.45, 2.75) is 35.6 Å². The summed E-state index contributed by atoms with van der Waals surface area (Å²) in [6.45, 7) is 1.13. The summed E-state index contributed by atoms with van der Waals surface area (Å²) in [6.07, 6.45) is 5.58. The van der Waals surface area contributed by atoms with Gasteiger partial charge < -0.3 is 9.47 Å². The molecule has 0 atom stereocenters. The maximum Gasteiger partial charge on any atom is 0.223 e. The fourth-order valence-electron chi connectivity index (χ4n) is 7.03. The zero-order valence-corrected chi connectivity index (χ0v) is 28.0. The van der Waals surface area contributed by atoms with E-state index in [4.69, 9.17) is 16.6 Å². The van der Waals surface area contributed by atoms with Crippen LogP contribution in [0.15, 0.2) is 145 Å². The first kappa shape index (κ1) is 31.9. The van der Waals surface area contributed by atoms with E-state index in [9.17, 15) is 13.2 Å². The lowest BCUT2D eigenvalue weighted by Gasteiger charge is -2.37. The van der Waals surface area contributed by atoms with Crippen LogP contribution in [0.4, 0.5) is 0 Å². The number of piperidine rings is 1. The van der Waals surface area contributed by atoms with Gasteiger partial charge in [0, 0.05) is 36.6 Å². The van der Waals surface area contributed by atoms with Gasteiger partial charge in [-0.1, -0.05) is 115 Å². The standard InChI is InChI=1S/C40H36ClN3O3S/c41-36-18-16-32-27-37(19-17-31(32)26-36)48(46,47)25-22-39(45)43-23-20-30(21-24-43)38-28-44(29-42-38)40(33-10-4-1-5-11-33,34-12-6-2-7-13-34)35-14-8-3-9-15-35/h1-19,26-30H,20-25H2. The fourth-order valence-corrected chi connectivity index (χ4v) is 8.47. The number of rotatable bonds is 9. The van der Waals surface area contributed by atoms with Crippen LogP contribution in [0, 0.1) is 0 Å². The smallest absolute Gasteiger partial charge is 0.223 e. The molecule has 0 saturated carbocycles. The van der Waals surface area contributed by atoms with Gasteiger partial charge in [0.15, 0.2) is 9.84 Å². The van der Waals surface area contributed by atoms with E-state index >= 15 is 0 Å². The molecule has 0 N–H and O–H groups in total. The van der Waals surface area contributed by atoms with Gasteiger partial charge in [0.1, 0.15) is 5.54 Å². The first-order chi connectivity index (χ1) is 23.3. The Bertz CT molecular complexity index is 2050. The van der Waals surface area contributed by atoms with E-state index in [1.807, 2.05) is 24.5 Å². The summed E-state index contributed by atoms with van der Waals surface area (Å²) < 4.78 is 28.5. The zero-order valence-electron chi connectivity index (χ0n) is 26.5. The minimum Gasteiger partial charge on any atom is -0.343 e. The summed E-state index contributed by atoms with van der Waals surface area (Å²) in [6, 6.07) is 41.9. The Kier molecular flexibility index (Phi) is 8.90. The zero-order chi connectivity index (χ0) is 33.1. The molecule has 5 aromatic carbocycles. The van der Waals surface area contributed by atoms with Crippen molar-refractivity contribution in [1.82, 2.24) is 14.5 Å². The van der Waals surface area contributed by atoms with Crippen molar-refractivity contribution in [3.8, 4) is 0 Å². The molecule has 2 heterocycles. The first-order valence-electron chi connectivity index (χ1n) is 16.3. The van der Waals surface area contributed by atoms with E-state index in [2.05, 4.69) is 83.6 Å². The number of nitrogens with zero attached hydrogens (tertiary/aromatic N) is 3. The van der Waals surface area contributed by atoms with Crippen molar-refractivity contribution >= 4 is 38.1 Å². The second-order valence-corrected chi connectivity index (χ2v) is 14.9. The average molecular weight is 674 g/mol. The van der Waals surface area contributed by atoms with E-state index in [-0.39, 0.29) is 28.9 Å². The summed E-state index contributed by atoms with van der Waals surface area (Å²) >= 11 is 6.07. The molecule has 1 saturated heterocycles. The lowest BCUT2D eigenvalue weighted by Crippen LogP contribution is -2.38. The molecule has 7 rings (SSSR count). The highest BCUT2D eigenvalue weighted by Crippen LogP contribution is 2.41. The number of hydrogen-bond donors (Lipinski definition) is 0. The van der Waals surface area contributed by atoms with Crippen LogP contribution in [-0.2, 0) is 20.2 Å². The van der Waals surface area contributed by atoms with Crippen molar-refractivity contribution in [1.29, 1.82) is 0 Å². The van der Waals surface area contributed by atoms with Crippen molar-refractivity contribution in [2.75, 3.05) is 18.8 Å². The van der Waals surface area contributed by atoms with Crippen molar-refractivity contribution in [3.63, 3.8) is 0 Å². The molecule has 242 valence electrons. The molecule has 1 aromatic heterocycles. The predicted octanol–water partition coefficient (Wildman–Crippen LogP) is 8.10. The van der Waals surface area contributed by atoms with Gasteiger partial charge in [0.2, 0.25) is 5.91 Å². The summed E-state index contributed by atoms with van der Waals surface area (Å²) in [4.78, 5) is 20.2. The lowest BCUT2D eigenvalue weighted by atomic mass is 9.76. The van der Waals surface area contributed by atoms with Crippen LogP contribution in [0.2, 0.25) is 5.02 Å². The second-order valence-electron chi connectivity index (χ2n) is 12.4. The Hall–Kier alpha value is -4.72. The van der Waals surface area contributed by atoms with Gasteiger partial charge >= 0.3 is 0 Å². The summed E-state index contributed by atoms with van der Waals surface area (Å²) in [5.74, 6) is -0.174. The van der Waals surface area contributed by atoms with Gasteiger partial charge in [-0.3, -0.25) is 4.79 Å². The molecule has 0 unspecified atom stereocenters. The minimum absolute atomic E-state index is 0.0476. The Morgan fingerprint density at radius 2 is 1.29 bits per heavy atom. The van der Waals surface area contributed by atoms with Gasteiger partial charge in [-0.05, 0) is 64.6 Å². The fraction of sp³-hybridized carbons (Fsp3) is 0.200. The summed E-state index contributed by atoms with van der Waals surface area (Å²) in [7, 11) is -3.62. The molecule has 1 aliphatic rings. The lowest BCUT2D eigenvalue weighted by molar-refractivity contribution is -0.131. The number of aromatic nitrogens is 2. The molecule has 6 nitrogen and oxygen atoms in total. The Morgan fingerprint density at radius 1 is 0.750 bits per heavy atom. The molecule has 1 amide bonds. The Labute approximate surface area is 286 Å². The third-order valence-electron chi connectivity index (χ3n) is 9.55.